The maximum Gasteiger partial charge on any atom is 0.101 e. The third-order valence-electron chi connectivity index (χ3n) is 8.90. The molecule has 6 nitrogen and oxygen atoms in total. The lowest BCUT2D eigenvalue weighted by Gasteiger charge is -2.14. The molecule has 2 N–H and O–H groups in total. The molecule has 0 saturated carbocycles. The predicted octanol–water partition coefficient (Wildman–Crippen LogP) is 10.7. The lowest BCUT2D eigenvalue weighted by molar-refractivity contribution is -0.0508. The smallest absolute Gasteiger partial charge is 0.101 e. The van der Waals surface area contributed by atoms with Crippen molar-refractivity contribution in [2.24, 2.45) is 0 Å². The minimum absolute atomic E-state index is 0.243. The van der Waals surface area contributed by atoms with Crippen molar-refractivity contribution in [2.75, 3.05) is 52.9 Å². The molecular formula is C40H82O6. The van der Waals surface area contributed by atoms with E-state index in [9.17, 15) is 10.2 Å². The molecule has 0 saturated heterocycles. The summed E-state index contributed by atoms with van der Waals surface area (Å²) >= 11 is 0. The zero-order chi connectivity index (χ0) is 33.4. The summed E-state index contributed by atoms with van der Waals surface area (Å²) < 4.78 is 22.2. The SMILES string of the molecule is CCCCCCCCCCCCCCCCOCC(O)COCCOCC(O)COCCCCCCCCCCCCCCCC. The number of hydrogen-bond donors (Lipinski definition) is 2. The molecule has 0 aromatic rings. The highest BCUT2D eigenvalue weighted by Crippen LogP contribution is 2.14. The van der Waals surface area contributed by atoms with Gasteiger partial charge in [-0.1, -0.05) is 181 Å². The van der Waals surface area contributed by atoms with Crippen LogP contribution in [0, 0.1) is 0 Å². The highest BCUT2D eigenvalue weighted by molar-refractivity contribution is 4.55. The van der Waals surface area contributed by atoms with Crippen LogP contribution < -0.4 is 0 Å². The standard InChI is InChI=1S/C40H82O6/c1-3-5-7-9-11-13-15-17-19-21-23-25-27-29-31-43-35-39(41)37-45-33-34-46-38-40(42)36-44-32-30-28-26-24-22-20-18-16-14-12-10-8-6-4-2/h39-42H,3-38H2,1-2H3. The van der Waals surface area contributed by atoms with Crippen LogP contribution in [0.1, 0.15) is 194 Å². The molecule has 0 heterocycles. The molecule has 0 aliphatic heterocycles. The molecule has 0 aliphatic carbocycles. The van der Waals surface area contributed by atoms with Gasteiger partial charge in [-0.2, -0.15) is 0 Å². The van der Waals surface area contributed by atoms with Gasteiger partial charge in [0, 0.05) is 13.2 Å². The molecule has 2 atom stereocenters. The predicted molar refractivity (Wildman–Crippen MR) is 196 cm³/mol. The molecule has 0 aromatic heterocycles. The lowest BCUT2D eigenvalue weighted by atomic mass is 10.0. The molecule has 0 aromatic carbocycles. The fraction of sp³-hybridized carbons (Fsp3) is 1.00. The van der Waals surface area contributed by atoms with Crippen molar-refractivity contribution >= 4 is 0 Å². The van der Waals surface area contributed by atoms with E-state index < -0.39 is 12.2 Å². The highest BCUT2D eigenvalue weighted by atomic mass is 16.5. The Bertz CT molecular complexity index is 488. The Morgan fingerprint density at radius 2 is 0.478 bits per heavy atom. The van der Waals surface area contributed by atoms with Gasteiger partial charge in [-0.3, -0.25) is 0 Å². The van der Waals surface area contributed by atoms with E-state index >= 15 is 0 Å². The van der Waals surface area contributed by atoms with Crippen LogP contribution in [-0.2, 0) is 18.9 Å². The largest absolute Gasteiger partial charge is 0.388 e. The summed E-state index contributed by atoms with van der Waals surface area (Å²) in [5.74, 6) is 0. The molecule has 0 bridgehead atoms. The molecule has 0 fully saturated rings. The monoisotopic (exact) mass is 659 g/mol. The van der Waals surface area contributed by atoms with Crippen LogP contribution in [0.25, 0.3) is 0 Å². The molecule has 0 amide bonds. The summed E-state index contributed by atoms with van der Waals surface area (Å²) in [4.78, 5) is 0. The van der Waals surface area contributed by atoms with Crippen LogP contribution in [0.4, 0.5) is 0 Å². The van der Waals surface area contributed by atoms with E-state index in [0.717, 1.165) is 12.8 Å². The molecule has 2 unspecified atom stereocenters. The maximum atomic E-state index is 10.0. The number of aliphatic hydroxyl groups excluding tert-OH is 2. The second-order valence-corrected chi connectivity index (χ2v) is 13.8. The van der Waals surface area contributed by atoms with Crippen LogP contribution in [0.5, 0.6) is 0 Å². The molecule has 0 radical (unpaired) electrons. The van der Waals surface area contributed by atoms with Crippen LogP contribution in [0.3, 0.4) is 0 Å². The highest BCUT2D eigenvalue weighted by Gasteiger charge is 2.07. The van der Waals surface area contributed by atoms with Gasteiger partial charge in [0.15, 0.2) is 0 Å². The average Bonchev–Trinajstić information content (AvgIpc) is 3.06. The van der Waals surface area contributed by atoms with Gasteiger partial charge in [-0.05, 0) is 12.8 Å². The number of unbranched alkanes of at least 4 members (excludes halogenated alkanes) is 26. The summed E-state index contributed by atoms with van der Waals surface area (Å²) in [6, 6.07) is 0. The van der Waals surface area contributed by atoms with Crippen molar-refractivity contribution in [1.29, 1.82) is 0 Å². The third kappa shape index (κ3) is 39.9. The van der Waals surface area contributed by atoms with E-state index in [-0.39, 0.29) is 13.2 Å². The van der Waals surface area contributed by atoms with Gasteiger partial charge in [0.25, 0.3) is 0 Å². The second-order valence-electron chi connectivity index (χ2n) is 13.8. The molecule has 6 heteroatoms. The molecule has 46 heavy (non-hydrogen) atoms. The summed E-state index contributed by atoms with van der Waals surface area (Å²) in [7, 11) is 0. The zero-order valence-corrected chi connectivity index (χ0v) is 31.1. The van der Waals surface area contributed by atoms with Gasteiger partial charge >= 0.3 is 0 Å². The van der Waals surface area contributed by atoms with Crippen molar-refractivity contribution < 1.29 is 29.2 Å². The Balaban J connectivity index is 3.23. The number of ether oxygens (including phenoxy) is 4. The van der Waals surface area contributed by atoms with Gasteiger partial charge in [0.2, 0.25) is 0 Å². The van der Waals surface area contributed by atoms with Crippen molar-refractivity contribution in [2.45, 2.75) is 206 Å². The first-order chi connectivity index (χ1) is 22.7. The van der Waals surface area contributed by atoms with E-state index in [1.807, 2.05) is 0 Å². The fourth-order valence-electron chi connectivity index (χ4n) is 5.89. The first-order valence-electron chi connectivity index (χ1n) is 20.4. The molecule has 0 spiro atoms. The summed E-state index contributed by atoms with van der Waals surface area (Å²) in [6.45, 7) is 7.87. The maximum absolute atomic E-state index is 10.0. The summed E-state index contributed by atoms with van der Waals surface area (Å²) in [5, 5.41) is 20.1. The Hall–Kier alpha value is -0.240. The Morgan fingerprint density at radius 1 is 0.283 bits per heavy atom. The van der Waals surface area contributed by atoms with Crippen LogP contribution in [0.2, 0.25) is 0 Å². The van der Waals surface area contributed by atoms with Gasteiger partial charge in [0.05, 0.1) is 39.6 Å². The first kappa shape index (κ1) is 45.8. The van der Waals surface area contributed by atoms with Crippen molar-refractivity contribution in [1.82, 2.24) is 0 Å². The van der Waals surface area contributed by atoms with E-state index in [1.54, 1.807) is 0 Å². The minimum atomic E-state index is -0.611. The van der Waals surface area contributed by atoms with Crippen LogP contribution in [0.15, 0.2) is 0 Å². The molecule has 0 rings (SSSR count). The first-order valence-corrected chi connectivity index (χ1v) is 20.4. The zero-order valence-electron chi connectivity index (χ0n) is 31.1. The van der Waals surface area contributed by atoms with Crippen molar-refractivity contribution in [3.05, 3.63) is 0 Å². The average molecular weight is 659 g/mol. The normalized spacial score (nSPS) is 13.0. The molecule has 0 aliphatic rings. The Morgan fingerprint density at radius 3 is 0.717 bits per heavy atom. The topological polar surface area (TPSA) is 77.4 Å². The quantitative estimate of drug-likeness (QED) is 0.0637. The molecular weight excluding hydrogens is 576 g/mol. The van der Waals surface area contributed by atoms with Gasteiger partial charge in [-0.15, -0.1) is 0 Å². The summed E-state index contributed by atoms with van der Waals surface area (Å²) in [5.41, 5.74) is 0. The summed E-state index contributed by atoms with van der Waals surface area (Å²) in [6.07, 6.45) is 36.6. The van der Waals surface area contributed by atoms with Crippen LogP contribution >= 0.6 is 0 Å². The molecule has 278 valence electrons. The number of aliphatic hydroxyl groups is 2. The second kappa shape index (κ2) is 40.9. The minimum Gasteiger partial charge on any atom is -0.388 e. The van der Waals surface area contributed by atoms with E-state index in [2.05, 4.69) is 13.8 Å². The Labute approximate surface area is 287 Å². The van der Waals surface area contributed by atoms with Crippen molar-refractivity contribution in [3.8, 4) is 0 Å². The van der Waals surface area contributed by atoms with Gasteiger partial charge < -0.3 is 29.2 Å². The number of rotatable bonds is 41. The van der Waals surface area contributed by atoms with E-state index in [1.165, 1.54) is 167 Å². The van der Waals surface area contributed by atoms with Crippen LogP contribution in [-0.4, -0.2) is 75.3 Å². The lowest BCUT2D eigenvalue weighted by Crippen LogP contribution is -2.25. The van der Waals surface area contributed by atoms with Gasteiger partial charge in [0.1, 0.15) is 12.2 Å². The van der Waals surface area contributed by atoms with Crippen molar-refractivity contribution in [3.63, 3.8) is 0 Å². The Kier molecular flexibility index (Phi) is 40.7. The fourth-order valence-corrected chi connectivity index (χ4v) is 5.89. The third-order valence-corrected chi connectivity index (χ3v) is 8.90. The van der Waals surface area contributed by atoms with E-state index in [4.69, 9.17) is 18.9 Å². The number of hydrogen-bond acceptors (Lipinski definition) is 6. The van der Waals surface area contributed by atoms with E-state index in [0.29, 0.717) is 39.6 Å². The van der Waals surface area contributed by atoms with Gasteiger partial charge in [-0.25, -0.2) is 0 Å².